The third-order valence-electron chi connectivity index (χ3n) is 3.09. The summed E-state index contributed by atoms with van der Waals surface area (Å²) in [5, 5.41) is 2.21. The van der Waals surface area contributed by atoms with E-state index < -0.39 is 0 Å². The highest BCUT2D eigenvalue weighted by atomic mass is 32.1. The Balaban J connectivity index is 2.22. The van der Waals surface area contributed by atoms with E-state index in [1.807, 2.05) is 11.3 Å². The number of hydrogen-bond acceptors (Lipinski definition) is 2. The highest BCUT2D eigenvalue weighted by molar-refractivity contribution is 7.10. The van der Waals surface area contributed by atoms with Crippen LogP contribution in [0.2, 0.25) is 0 Å². The molecule has 0 amide bonds. The zero-order chi connectivity index (χ0) is 10.8. The molecule has 82 valence electrons. The van der Waals surface area contributed by atoms with E-state index in [0.29, 0.717) is 5.92 Å². The molecule has 1 nitrogen and oxygen atoms in total. The number of nitrogens with two attached hydrogens (primary N) is 1. The normalized spacial score (nSPS) is 21.9. The average molecular weight is 221 g/mol. The fourth-order valence-corrected chi connectivity index (χ4v) is 3.42. The van der Waals surface area contributed by atoms with Crippen molar-refractivity contribution >= 4 is 11.3 Å². The molecule has 0 spiro atoms. The molecule has 2 N–H and O–H groups in total. The van der Waals surface area contributed by atoms with Crippen LogP contribution in [0.1, 0.15) is 43.0 Å². The van der Waals surface area contributed by atoms with Crippen LogP contribution in [0.15, 0.2) is 23.1 Å². The Hall–Kier alpha value is -0.600. The highest BCUT2D eigenvalue weighted by Gasteiger charge is 2.24. The minimum Gasteiger partial charge on any atom is -0.324 e. The van der Waals surface area contributed by atoms with E-state index in [4.69, 9.17) is 5.73 Å². The lowest BCUT2D eigenvalue weighted by Gasteiger charge is -2.26. The first-order valence-corrected chi connectivity index (χ1v) is 6.53. The van der Waals surface area contributed by atoms with Gasteiger partial charge in [0.15, 0.2) is 0 Å². The lowest BCUT2D eigenvalue weighted by Crippen LogP contribution is -2.28. The number of hydrogen-bond donors (Lipinski definition) is 1. The fourth-order valence-electron chi connectivity index (χ4n) is 2.42. The van der Waals surface area contributed by atoms with Gasteiger partial charge in [-0.3, -0.25) is 0 Å². The molecule has 0 saturated carbocycles. The molecule has 0 bridgehead atoms. The van der Waals surface area contributed by atoms with E-state index in [0.717, 1.165) is 0 Å². The van der Waals surface area contributed by atoms with Crippen molar-refractivity contribution in [2.75, 3.05) is 0 Å². The Morgan fingerprint density at radius 3 is 3.13 bits per heavy atom. The lowest BCUT2D eigenvalue weighted by atomic mass is 9.82. The first kappa shape index (κ1) is 10.9. The summed E-state index contributed by atoms with van der Waals surface area (Å²) in [6.07, 6.45) is 6.00. The first-order valence-electron chi connectivity index (χ1n) is 5.65. The second-order valence-corrected chi connectivity index (χ2v) is 5.62. The van der Waals surface area contributed by atoms with E-state index >= 15 is 0 Å². The van der Waals surface area contributed by atoms with E-state index in [2.05, 4.69) is 31.4 Å². The summed E-state index contributed by atoms with van der Waals surface area (Å²) in [7, 11) is 0. The maximum absolute atomic E-state index is 6.25. The van der Waals surface area contributed by atoms with Gasteiger partial charge in [0, 0.05) is 16.8 Å². The van der Waals surface area contributed by atoms with Crippen LogP contribution in [0, 0.1) is 0 Å². The van der Waals surface area contributed by atoms with Gasteiger partial charge >= 0.3 is 0 Å². The van der Waals surface area contributed by atoms with Crippen molar-refractivity contribution < 1.29 is 0 Å². The van der Waals surface area contributed by atoms with E-state index in [9.17, 15) is 0 Å². The van der Waals surface area contributed by atoms with Crippen LogP contribution in [-0.2, 0) is 6.42 Å². The molecule has 1 aliphatic rings. The van der Waals surface area contributed by atoms with Gasteiger partial charge in [0.05, 0.1) is 0 Å². The lowest BCUT2D eigenvalue weighted by molar-refractivity contribution is 0.514. The fraction of sp³-hybridized carbons (Fsp3) is 0.538. The molecule has 2 atom stereocenters. The van der Waals surface area contributed by atoms with Crippen LogP contribution < -0.4 is 5.73 Å². The summed E-state index contributed by atoms with van der Waals surface area (Å²) in [6, 6.07) is 2.46. The van der Waals surface area contributed by atoms with Crippen molar-refractivity contribution in [3.05, 3.63) is 33.5 Å². The standard InChI is InChI=1S/C13H19NS/c1-9(2)8-12(14)10-4-3-5-13-11(10)6-7-15-13/h6-8,10,12H,3-5,14H2,1-2H3. The van der Waals surface area contributed by atoms with Gasteiger partial charge in [-0.15, -0.1) is 11.3 Å². The van der Waals surface area contributed by atoms with Crippen LogP contribution >= 0.6 is 11.3 Å². The second-order valence-electron chi connectivity index (χ2n) is 4.62. The Bertz CT molecular complexity index is 360. The highest BCUT2D eigenvalue weighted by Crippen LogP contribution is 2.36. The number of rotatable bonds is 2. The summed E-state index contributed by atoms with van der Waals surface area (Å²) in [5.41, 5.74) is 9.09. The summed E-state index contributed by atoms with van der Waals surface area (Å²) in [6.45, 7) is 4.24. The predicted octanol–water partition coefficient (Wildman–Crippen LogP) is 3.46. The molecule has 0 radical (unpaired) electrons. The molecule has 15 heavy (non-hydrogen) atoms. The zero-order valence-corrected chi connectivity index (χ0v) is 10.3. The van der Waals surface area contributed by atoms with Crippen molar-refractivity contribution in [2.24, 2.45) is 5.73 Å². The molecule has 0 fully saturated rings. The van der Waals surface area contributed by atoms with Crippen molar-refractivity contribution in [1.29, 1.82) is 0 Å². The van der Waals surface area contributed by atoms with Gasteiger partial charge in [0.25, 0.3) is 0 Å². The van der Waals surface area contributed by atoms with Crippen LogP contribution in [0.5, 0.6) is 0 Å². The molecule has 2 unspecified atom stereocenters. The SMILES string of the molecule is CC(C)=CC(N)C1CCCc2sccc21. The Morgan fingerprint density at radius 2 is 2.40 bits per heavy atom. The number of fused-ring (bicyclic) bond motifs is 1. The van der Waals surface area contributed by atoms with Crippen LogP contribution in [0.3, 0.4) is 0 Å². The second kappa shape index (κ2) is 4.50. The largest absolute Gasteiger partial charge is 0.324 e. The monoisotopic (exact) mass is 221 g/mol. The Labute approximate surface area is 96.0 Å². The Morgan fingerprint density at radius 1 is 1.60 bits per heavy atom. The van der Waals surface area contributed by atoms with Gasteiger partial charge in [-0.2, -0.15) is 0 Å². The Kier molecular flexibility index (Phi) is 3.27. The molecular weight excluding hydrogens is 202 g/mol. The van der Waals surface area contributed by atoms with Crippen molar-refractivity contribution in [3.63, 3.8) is 0 Å². The summed E-state index contributed by atoms with van der Waals surface area (Å²) in [4.78, 5) is 1.56. The van der Waals surface area contributed by atoms with Gasteiger partial charge in [0.1, 0.15) is 0 Å². The number of allylic oxidation sites excluding steroid dienone is 1. The molecule has 0 saturated heterocycles. The van der Waals surface area contributed by atoms with Crippen molar-refractivity contribution in [3.8, 4) is 0 Å². The molecule has 2 rings (SSSR count). The summed E-state index contributed by atoms with van der Waals surface area (Å²) in [5.74, 6) is 0.551. The predicted molar refractivity (Wildman–Crippen MR) is 67.4 cm³/mol. The third kappa shape index (κ3) is 2.32. The van der Waals surface area contributed by atoms with Crippen molar-refractivity contribution in [2.45, 2.75) is 45.1 Å². The molecule has 1 aromatic rings. The van der Waals surface area contributed by atoms with Crippen LogP contribution in [0.4, 0.5) is 0 Å². The third-order valence-corrected chi connectivity index (χ3v) is 4.09. The van der Waals surface area contributed by atoms with Gasteiger partial charge in [-0.1, -0.05) is 11.6 Å². The minimum atomic E-state index is 0.198. The van der Waals surface area contributed by atoms with Crippen LogP contribution in [-0.4, -0.2) is 6.04 Å². The molecule has 0 aliphatic heterocycles. The van der Waals surface area contributed by atoms with Crippen LogP contribution in [0.25, 0.3) is 0 Å². The summed E-state index contributed by atoms with van der Waals surface area (Å²) >= 11 is 1.89. The van der Waals surface area contributed by atoms with Gasteiger partial charge in [-0.25, -0.2) is 0 Å². The quantitative estimate of drug-likeness (QED) is 0.760. The maximum atomic E-state index is 6.25. The molecule has 2 heteroatoms. The van der Waals surface area contributed by atoms with Gasteiger partial charge in [-0.05, 0) is 50.1 Å². The minimum absolute atomic E-state index is 0.198. The summed E-state index contributed by atoms with van der Waals surface area (Å²) < 4.78 is 0. The van der Waals surface area contributed by atoms with Gasteiger partial charge < -0.3 is 5.73 Å². The van der Waals surface area contributed by atoms with Gasteiger partial charge in [0.2, 0.25) is 0 Å². The molecular formula is C13H19NS. The van der Waals surface area contributed by atoms with E-state index in [1.165, 1.54) is 30.4 Å². The zero-order valence-electron chi connectivity index (χ0n) is 9.49. The molecule has 0 aromatic carbocycles. The molecule has 1 aromatic heterocycles. The number of aryl methyl sites for hydroxylation is 1. The maximum Gasteiger partial charge on any atom is 0.0296 e. The van der Waals surface area contributed by atoms with Crippen molar-refractivity contribution in [1.82, 2.24) is 0 Å². The van der Waals surface area contributed by atoms with E-state index in [1.54, 1.807) is 4.88 Å². The smallest absolute Gasteiger partial charge is 0.0296 e. The van der Waals surface area contributed by atoms with E-state index in [-0.39, 0.29) is 6.04 Å². The molecule has 1 heterocycles. The average Bonchev–Trinajstić information content (AvgIpc) is 2.63. The number of thiophene rings is 1. The first-order chi connectivity index (χ1) is 7.18. The topological polar surface area (TPSA) is 26.0 Å². The molecule has 1 aliphatic carbocycles.